The lowest BCUT2D eigenvalue weighted by Gasteiger charge is -1.94. The number of nitrogens with one attached hydrogen (secondary N) is 2. The maximum absolute atomic E-state index is 10.8. The van der Waals surface area contributed by atoms with Crippen LogP contribution >= 0.6 is 11.8 Å². The van der Waals surface area contributed by atoms with Gasteiger partial charge in [-0.2, -0.15) is 0 Å². The van der Waals surface area contributed by atoms with E-state index in [2.05, 4.69) is 9.97 Å². The largest absolute Gasteiger partial charge is 0.333 e. The lowest BCUT2D eigenvalue weighted by atomic mass is 10.3. The number of nitrogens with zero attached hydrogens (tertiary/aromatic N) is 1. The van der Waals surface area contributed by atoms with Gasteiger partial charge in [-0.15, -0.1) is 0 Å². The second-order valence-electron chi connectivity index (χ2n) is 2.88. The molecule has 0 spiro atoms. The summed E-state index contributed by atoms with van der Waals surface area (Å²) >= 11 is 1.24. The number of thioether (sulfide) groups is 1. The molecule has 0 aliphatic rings. The van der Waals surface area contributed by atoms with Crippen LogP contribution in [0.5, 0.6) is 0 Å². The van der Waals surface area contributed by atoms with Crippen molar-refractivity contribution < 1.29 is 10.0 Å². The second kappa shape index (κ2) is 4.33. The molecular formula is C9H9N3O2S. The van der Waals surface area contributed by atoms with Gasteiger partial charge in [0.2, 0.25) is 0 Å². The molecule has 0 saturated heterocycles. The second-order valence-corrected chi connectivity index (χ2v) is 3.85. The number of benzene rings is 1. The molecule has 1 heterocycles. The number of fused-ring (bicyclic) bond motifs is 1. The molecule has 1 amide bonds. The maximum Gasteiger partial charge on any atom is 0.253 e. The van der Waals surface area contributed by atoms with Crippen LogP contribution in [0.15, 0.2) is 29.4 Å². The Morgan fingerprint density at radius 3 is 3.07 bits per heavy atom. The van der Waals surface area contributed by atoms with Gasteiger partial charge in [0.15, 0.2) is 5.16 Å². The summed E-state index contributed by atoms with van der Waals surface area (Å²) in [6.45, 7) is 0. The average molecular weight is 223 g/mol. The number of hydroxylamine groups is 1. The van der Waals surface area contributed by atoms with Crippen molar-refractivity contribution in [3.05, 3.63) is 24.3 Å². The van der Waals surface area contributed by atoms with Crippen LogP contribution in [0.25, 0.3) is 11.0 Å². The molecule has 5 nitrogen and oxygen atoms in total. The zero-order valence-electron chi connectivity index (χ0n) is 7.73. The van der Waals surface area contributed by atoms with Crippen LogP contribution in [0.4, 0.5) is 0 Å². The predicted octanol–water partition coefficient (Wildman–Crippen LogP) is 1.16. The van der Waals surface area contributed by atoms with Gasteiger partial charge in [-0.05, 0) is 12.1 Å². The number of aromatic nitrogens is 2. The van der Waals surface area contributed by atoms with Gasteiger partial charge in [0.1, 0.15) is 0 Å². The van der Waals surface area contributed by atoms with E-state index >= 15 is 0 Å². The summed E-state index contributed by atoms with van der Waals surface area (Å²) in [6.07, 6.45) is 0. The number of aromatic amines is 1. The van der Waals surface area contributed by atoms with E-state index in [1.54, 1.807) is 5.48 Å². The molecule has 0 saturated carbocycles. The van der Waals surface area contributed by atoms with Crippen molar-refractivity contribution in [2.24, 2.45) is 0 Å². The molecule has 3 N–H and O–H groups in total. The topological polar surface area (TPSA) is 78.0 Å². The van der Waals surface area contributed by atoms with E-state index in [0.717, 1.165) is 11.0 Å². The van der Waals surface area contributed by atoms with Crippen molar-refractivity contribution in [2.75, 3.05) is 5.75 Å². The molecular weight excluding hydrogens is 214 g/mol. The van der Waals surface area contributed by atoms with E-state index in [-0.39, 0.29) is 5.75 Å². The first-order valence-electron chi connectivity index (χ1n) is 4.30. The number of imidazole rings is 1. The summed E-state index contributed by atoms with van der Waals surface area (Å²) in [5, 5.41) is 8.98. The van der Waals surface area contributed by atoms with E-state index < -0.39 is 5.91 Å². The smallest absolute Gasteiger partial charge is 0.253 e. The molecule has 1 aromatic carbocycles. The van der Waals surface area contributed by atoms with Crippen LogP contribution in [0.1, 0.15) is 0 Å². The fraction of sp³-hybridized carbons (Fsp3) is 0.111. The van der Waals surface area contributed by atoms with Gasteiger partial charge in [-0.25, -0.2) is 10.5 Å². The molecule has 0 bridgehead atoms. The summed E-state index contributed by atoms with van der Waals surface area (Å²) in [5.74, 6) is -0.309. The number of para-hydroxylation sites is 2. The monoisotopic (exact) mass is 223 g/mol. The Kier molecular flexibility index (Phi) is 2.89. The third-order valence-corrected chi connectivity index (χ3v) is 2.71. The third kappa shape index (κ3) is 2.28. The summed E-state index contributed by atoms with van der Waals surface area (Å²) in [7, 11) is 0. The quantitative estimate of drug-likeness (QED) is 0.414. The minimum absolute atomic E-state index is 0.135. The fourth-order valence-electron chi connectivity index (χ4n) is 1.16. The highest BCUT2D eigenvalue weighted by molar-refractivity contribution is 7.99. The number of amides is 1. The molecule has 0 fully saturated rings. The molecule has 15 heavy (non-hydrogen) atoms. The number of rotatable bonds is 3. The summed E-state index contributed by atoms with van der Waals surface area (Å²) < 4.78 is 0. The zero-order valence-corrected chi connectivity index (χ0v) is 8.54. The van der Waals surface area contributed by atoms with E-state index in [1.807, 2.05) is 24.3 Å². The highest BCUT2D eigenvalue weighted by Crippen LogP contribution is 2.18. The first-order chi connectivity index (χ1) is 7.29. The zero-order chi connectivity index (χ0) is 10.7. The van der Waals surface area contributed by atoms with E-state index in [1.165, 1.54) is 11.8 Å². The number of H-pyrrole nitrogens is 1. The van der Waals surface area contributed by atoms with Crippen molar-refractivity contribution in [1.82, 2.24) is 15.4 Å². The van der Waals surface area contributed by atoms with Crippen molar-refractivity contribution in [3.8, 4) is 0 Å². The standard InChI is InChI=1S/C9H9N3O2S/c13-8(12-14)5-15-9-10-6-3-1-2-4-7(6)11-9/h1-4,14H,5H2,(H,10,11)(H,12,13). The Morgan fingerprint density at radius 1 is 1.53 bits per heavy atom. The normalized spacial score (nSPS) is 10.5. The molecule has 0 atom stereocenters. The van der Waals surface area contributed by atoms with Gasteiger partial charge in [-0.1, -0.05) is 23.9 Å². The van der Waals surface area contributed by atoms with Gasteiger partial charge in [0.05, 0.1) is 16.8 Å². The number of carbonyl (C=O) groups excluding carboxylic acids is 1. The van der Waals surface area contributed by atoms with Crippen LogP contribution < -0.4 is 5.48 Å². The molecule has 0 radical (unpaired) electrons. The Hall–Kier alpha value is -1.53. The molecule has 6 heteroatoms. The molecule has 2 aromatic rings. The van der Waals surface area contributed by atoms with Gasteiger partial charge < -0.3 is 4.98 Å². The lowest BCUT2D eigenvalue weighted by Crippen LogP contribution is -2.20. The minimum atomic E-state index is -0.444. The number of hydrogen-bond donors (Lipinski definition) is 3. The van der Waals surface area contributed by atoms with Crippen molar-refractivity contribution in [3.63, 3.8) is 0 Å². The van der Waals surface area contributed by atoms with E-state index in [4.69, 9.17) is 5.21 Å². The Morgan fingerprint density at radius 2 is 2.33 bits per heavy atom. The van der Waals surface area contributed by atoms with Gasteiger partial charge in [-0.3, -0.25) is 10.0 Å². The predicted molar refractivity (Wildman–Crippen MR) is 56.7 cm³/mol. The average Bonchev–Trinajstić information content (AvgIpc) is 2.68. The van der Waals surface area contributed by atoms with Crippen LogP contribution in [0.2, 0.25) is 0 Å². The molecule has 0 aliphatic carbocycles. The number of hydrogen-bond acceptors (Lipinski definition) is 4. The Balaban J connectivity index is 2.12. The van der Waals surface area contributed by atoms with E-state index in [9.17, 15) is 4.79 Å². The van der Waals surface area contributed by atoms with Crippen LogP contribution in [0, 0.1) is 0 Å². The molecule has 0 unspecified atom stereocenters. The molecule has 1 aromatic heterocycles. The van der Waals surface area contributed by atoms with Crippen LogP contribution in [0.3, 0.4) is 0 Å². The fourth-order valence-corrected chi connectivity index (χ4v) is 1.84. The summed E-state index contributed by atoms with van der Waals surface area (Å²) in [4.78, 5) is 18.1. The van der Waals surface area contributed by atoms with Crippen LogP contribution in [-0.2, 0) is 4.79 Å². The van der Waals surface area contributed by atoms with Crippen molar-refractivity contribution in [2.45, 2.75) is 5.16 Å². The first kappa shape index (κ1) is 10.0. The van der Waals surface area contributed by atoms with Crippen molar-refractivity contribution >= 4 is 28.7 Å². The van der Waals surface area contributed by atoms with Gasteiger partial charge in [0.25, 0.3) is 5.91 Å². The SMILES string of the molecule is O=C(CSc1nc2ccccc2[nH]1)NO. The molecule has 0 aliphatic heterocycles. The van der Waals surface area contributed by atoms with Crippen molar-refractivity contribution in [1.29, 1.82) is 0 Å². The van der Waals surface area contributed by atoms with Crippen LogP contribution in [-0.4, -0.2) is 26.8 Å². The minimum Gasteiger partial charge on any atom is -0.333 e. The third-order valence-electron chi connectivity index (χ3n) is 1.83. The van der Waals surface area contributed by atoms with Gasteiger partial charge >= 0.3 is 0 Å². The Bertz CT molecular complexity index is 450. The maximum atomic E-state index is 10.8. The summed E-state index contributed by atoms with van der Waals surface area (Å²) in [6, 6.07) is 7.62. The number of carbonyl (C=O) groups is 1. The lowest BCUT2D eigenvalue weighted by molar-refractivity contribution is -0.126. The first-order valence-corrected chi connectivity index (χ1v) is 5.28. The van der Waals surface area contributed by atoms with E-state index in [0.29, 0.717) is 5.16 Å². The summed E-state index contributed by atoms with van der Waals surface area (Å²) in [5.41, 5.74) is 3.37. The van der Waals surface area contributed by atoms with Gasteiger partial charge in [0, 0.05) is 0 Å². The molecule has 78 valence electrons. The highest BCUT2D eigenvalue weighted by Gasteiger charge is 2.05. The highest BCUT2D eigenvalue weighted by atomic mass is 32.2. The molecule has 2 rings (SSSR count). The Labute approximate surface area is 89.9 Å².